The summed E-state index contributed by atoms with van der Waals surface area (Å²) in [6.45, 7) is 11.8. The van der Waals surface area contributed by atoms with E-state index in [1.165, 1.54) is 82.6 Å². The van der Waals surface area contributed by atoms with Crippen molar-refractivity contribution in [2.45, 2.75) is 64.7 Å². The van der Waals surface area contributed by atoms with Gasteiger partial charge in [0.15, 0.2) is 0 Å². The van der Waals surface area contributed by atoms with E-state index in [-0.39, 0.29) is 10.8 Å². The molecule has 0 saturated carbocycles. The zero-order valence-corrected chi connectivity index (χ0v) is 31.6. The Bertz CT molecular complexity index is 2640. The molecule has 1 aliphatic rings. The van der Waals surface area contributed by atoms with E-state index in [4.69, 9.17) is 0 Å². The lowest BCUT2D eigenvalue weighted by Gasteiger charge is -2.33. The van der Waals surface area contributed by atoms with Gasteiger partial charge in [-0.15, -0.1) is 0 Å². The molecule has 0 N–H and O–H groups in total. The Balaban J connectivity index is 1.33. The summed E-state index contributed by atoms with van der Waals surface area (Å²) >= 11 is 0. The first-order valence-corrected chi connectivity index (χ1v) is 19.5. The predicted octanol–water partition coefficient (Wildman–Crippen LogP) is 15.1. The van der Waals surface area contributed by atoms with Crippen molar-refractivity contribution in [2.24, 2.45) is 0 Å². The second kappa shape index (κ2) is 12.8. The van der Waals surface area contributed by atoms with Gasteiger partial charge in [0.25, 0.3) is 0 Å². The van der Waals surface area contributed by atoms with Gasteiger partial charge < -0.3 is 4.90 Å². The van der Waals surface area contributed by atoms with Crippen molar-refractivity contribution in [1.82, 2.24) is 0 Å². The molecule has 0 radical (unpaired) electrons. The van der Waals surface area contributed by atoms with Crippen molar-refractivity contribution in [3.05, 3.63) is 174 Å². The fourth-order valence-corrected chi connectivity index (χ4v) is 9.49. The maximum Gasteiger partial charge on any atom is 0.0546 e. The van der Waals surface area contributed by atoms with E-state index >= 15 is 0 Å². The number of hydrogen-bond donors (Lipinski definition) is 0. The fourth-order valence-electron chi connectivity index (χ4n) is 9.49. The summed E-state index contributed by atoms with van der Waals surface area (Å²) in [6, 6.07) is 59.4. The average Bonchev–Trinajstić information content (AvgIpc) is 3.42. The van der Waals surface area contributed by atoms with Crippen LogP contribution in [-0.4, -0.2) is 0 Å². The van der Waals surface area contributed by atoms with Gasteiger partial charge >= 0.3 is 0 Å². The van der Waals surface area contributed by atoms with Crippen molar-refractivity contribution < 1.29 is 0 Å². The van der Waals surface area contributed by atoms with Crippen molar-refractivity contribution >= 4 is 49.4 Å². The molecule has 260 valence electrons. The molecule has 0 atom stereocenters. The molecule has 1 nitrogen and oxygen atoms in total. The van der Waals surface area contributed by atoms with Crippen LogP contribution < -0.4 is 4.90 Å². The minimum Gasteiger partial charge on any atom is -0.310 e. The molecule has 0 aliphatic heterocycles. The lowest BCUT2D eigenvalue weighted by molar-refractivity contribution is 0.382. The smallest absolute Gasteiger partial charge is 0.0546 e. The molecule has 9 rings (SSSR count). The van der Waals surface area contributed by atoms with Gasteiger partial charge in [-0.3, -0.25) is 0 Å². The number of anilines is 3. The van der Waals surface area contributed by atoms with Crippen molar-refractivity contribution in [3.8, 4) is 22.3 Å². The van der Waals surface area contributed by atoms with Crippen LogP contribution in [0.3, 0.4) is 0 Å². The van der Waals surface area contributed by atoms with Crippen LogP contribution in [0.2, 0.25) is 0 Å². The van der Waals surface area contributed by atoms with Gasteiger partial charge in [-0.25, -0.2) is 0 Å². The van der Waals surface area contributed by atoms with Crippen LogP contribution in [0.25, 0.3) is 54.6 Å². The Labute approximate surface area is 314 Å². The number of rotatable bonds is 8. The number of fused-ring (bicyclic) bond motifs is 6. The zero-order valence-electron chi connectivity index (χ0n) is 31.6. The van der Waals surface area contributed by atoms with Crippen LogP contribution in [0.4, 0.5) is 17.1 Å². The van der Waals surface area contributed by atoms with Crippen LogP contribution in [0, 0.1) is 0 Å². The predicted molar refractivity (Wildman–Crippen MR) is 229 cm³/mol. The van der Waals surface area contributed by atoms with Crippen molar-refractivity contribution in [3.63, 3.8) is 0 Å². The van der Waals surface area contributed by atoms with E-state index in [1.807, 2.05) is 0 Å². The van der Waals surface area contributed by atoms with Crippen molar-refractivity contribution in [1.29, 1.82) is 0 Å². The van der Waals surface area contributed by atoms with Crippen LogP contribution >= 0.6 is 0 Å². The summed E-state index contributed by atoms with van der Waals surface area (Å²) in [5, 5.41) is 7.59. The summed E-state index contributed by atoms with van der Waals surface area (Å²) in [7, 11) is 0. The van der Waals surface area contributed by atoms with E-state index in [0.29, 0.717) is 0 Å². The number of benzene rings is 8. The second-order valence-electron chi connectivity index (χ2n) is 15.5. The number of hydrogen-bond acceptors (Lipinski definition) is 1. The highest BCUT2D eigenvalue weighted by Crippen LogP contribution is 2.53. The maximum atomic E-state index is 2.52. The highest BCUT2D eigenvalue weighted by Gasteiger charge is 2.36. The molecule has 0 spiro atoms. The SMILES string of the molecule is CCC(CC)(CC)c1ccc(N(c2ccc3c(c2)-c2cc4ccccc4cc2C3(C)C)c2ccc3ccccc3c2-c2cccc3ccccc23)cc1. The quantitative estimate of drug-likeness (QED) is 0.154. The molecule has 0 fully saturated rings. The fraction of sp³-hybridized carbons (Fsp3) is 0.192. The molecule has 8 aromatic rings. The number of nitrogens with zero attached hydrogens (tertiary/aromatic N) is 1. The molecule has 53 heavy (non-hydrogen) atoms. The maximum absolute atomic E-state index is 2.52. The Morgan fingerprint density at radius 3 is 1.72 bits per heavy atom. The van der Waals surface area contributed by atoms with Crippen molar-refractivity contribution in [2.75, 3.05) is 4.90 Å². The highest BCUT2D eigenvalue weighted by atomic mass is 15.1. The van der Waals surface area contributed by atoms with Crippen LogP contribution in [0.5, 0.6) is 0 Å². The van der Waals surface area contributed by atoms with E-state index in [2.05, 4.69) is 197 Å². The minimum atomic E-state index is -0.0967. The van der Waals surface area contributed by atoms with Gasteiger partial charge in [-0.05, 0) is 133 Å². The molecule has 0 amide bonds. The van der Waals surface area contributed by atoms with Gasteiger partial charge in [0, 0.05) is 22.4 Å². The normalized spacial score (nSPS) is 13.4. The third kappa shape index (κ3) is 5.20. The summed E-state index contributed by atoms with van der Waals surface area (Å²) in [4.78, 5) is 2.52. The Kier molecular flexibility index (Phi) is 8.00. The average molecular weight is 686 g/mol. The van der Waals surface area contributed by atoms with E-state index in [9.17, 15) is 0 Å². The third-order valence-electron chi connectivity index (χ3n) is 12.8. The molecule has 0 unspecified atom stereocenters. The van der Waals surface area contributed by atoms with E-state index in [0.717, 1.165) is 24.9 Å². The summed E-state index contributed by atoms with van der Waals surface area (Å²) < 4.78 is 0. The van der Waals surface area contributed by atoms with Gasteiger partial charge in [-0.2, -0.15) is 0 Å². The molecule has 0 bridgehead atoms. The molecule has 0 saturated heterocycles. The second-order valence-corrected chi connectivity index (χ2v) is 15.5. The standard InChI is InChI=1S/C52H47N/c1-6-52(7-2,8-3)39-25-27-40(28-26-39)53(41-29-30-47-46(34-41)45-32-37-18-9-10-19-38(37)33-48(45)51(47,4)5)49-31-24-36-17-12-14-22-43(36)50(49)44-23-15-20-35-16-11-13-21-42(35)44/h9-34H,6-8H2,1-5H3. The first-order valence-electron chi connectivity index (χ1n) is 19.5. The molecule has 1 aliphatic carbocycles. The van der Waals surface area contributed by atoms with Gasteiger partial charge in [0.2, 0.25) is 0 Å². The van der Waals surface area contributed by atoms with Gasteiger partial charge in [0.05, 0.1) is 5.69 Å². The third-order valence-corrected chi connectivity index (χ3v) is 12.8. The zero-order chi connectivity index (χ0) is 36.3. The monoisotopic (exact) mass is 685 g/mol. The molecule has 0 heterocycles. The molecular formula is C52H47N. The van der Waals surface area contributed by atoms with Crippen LogP contribution in [0.15, 0.2) is 158 Å². The first kappa shape index (κ1) is 33.2. The first-order chi connectivity index (χ1) is 25.9. The van der Waals surface area contributed by atoms with Gasteiger partial charge in [-0.1, -0.05) is 150 Å². The topological polar surface area (TPSA) is 3.24 Å². The van der Waals surface area contributed by atoms with Crippen LogP contribution in [-0.2, 0) is 10.8 Å². The van der Waals surface area contributed by atoms with Gasteiger partial charge in [0.1, 0.15) is 0 Å². The van der Waals surface area contributed by atoms with Crippen LogP contribution in [0.1, 0.15) is 70.6 Å². The molecular weight excluding hydrogens is 639 g/mol. The molecule has 1 heteroatoms. The summed E-state index contributed by atoms with van der Waals surface area (Å²) in [5.41, 5.74) is 13.0. The molecule has 0 aromatic heterocycles. The Morgan fingerprint density at radius 1 is 0.453 bits per heavy atom. The lowest BCUT2D eigenvalue weighted by Crippen LogP contribution is -2.23. The van der Waals surface area contributed by atoms with E-state index < -0.39 is 0 Å². The largest absolute Gasteiger partial charge is 0.310 e. The molecule has 8 aromatic carbocycles. The highest BCUT2D eigenvalue weighted by molar-refractivity contribution is 6.11. The lowest BCUT2D eigenvalue weighted by atomic mass is 9.74. The Morgan fingerprint density at radius 2 is 1.02 bits per heavy atom. The summed E-state index contributed by atoms with van der Waals surface area (Å²) in [6.07, 6.45) is 3.40. The Hall–Kier alpha value is -5.66. The minimum absolute atomic E-state index is 0.0967. The van der Waals surface area contributed by atoms with E-state index in [1.54, 1.807) is 0 Å². The summed E-state index contributed by atoms with van der Waals surface area (Å²) in [5.74, 6) is 0.